The van der Waals surface area contributed by atoms with Gasteiger partial charge in [-0.05, 0) is 25.0 Å². The Morgan fingerprint density at radius 3 is 2.43 bits per heavy atom. The van der Waals surface area contributed by atoms with Crippen LogP contribution >= 0.6 is 0 Å². The molecular weight excluding hydrogens is 367 g/mol. The van der Waals surface area contributed by atoms with Crippen molar-refractivity contribution in [2.24, 2.45) is 5.73 Å². The van der Waals surface area contributed by atoms with Crippen LogP contribution in [0.5, 0.6) is 0 Å². The van der Waals surface area contributed by atoms with Crippen molar-refractivity contribution in [3.05, 3.63) is 39.9 Å². The Morgan fingerprint density at radius 1 is 1.18 bits per heavy atom. The molecule has 0 spiro atoms. The maximum atomic E-state index is 14.8. The van der Waals surface area contributed by atoms with Crippen LogP contribution in [-0.4, -0.2) is 59.2 Å². The van der Waals surface area contributed by atoms with Gasteiger partial charge in [-0.2, -0.15) is 0 Å². The number of halogens is 1. The summed E-state index contributed by atoms with van der Waals surface area (Å²) in [5, 5.41) is 9.40. The fourth-order valence-electron chi connectivity index (χ4n) is 3.78. The number of hydrogen-bond donors (Lipinski definition) is 2. The minimum Gasteiger partial charge on any atom is -0.477 e. The quantitative estimate of drug-likeness (QED) is 0.784. The van der Waals surface area contributed by atoms with Gasteiger partial charge in [-0.3, -0.25) is 14.5 Å². The highest BCUT2D eigenvalue weighted by Crippen LogP contribution is 2.38. The SMILES string of the molecule is NC(=O)CN1CCN(c2cc3c(cc2F)c(=O)c(C(=O)O)cn3C2CC2)CC1. The molecule has 0 unspecified atom stereocenters. The number of pyridine rings is 1. The third kappa shape index (κ3) is 3.33. The lowest BCUT2D eigenvalue weighted by Crippen LogP contribution is -2.49. The van der Waals surface area contributed by atoms with Crippen LogP contribution in [0.25, 0.3) is 10.9 Å². The lowest BCUT2D eigenvalue weighted by molar-refractivity contribution is -0.119. The fraction of sp³-hybridized carbons (Fsp3) is 0.421. The van der Waals surface area contributed by atoms with Gasteiger partial charge in [-0.15, -0.1) is 0 Å². The molecule has 1 saturated heterocycles. The van der Waals surface area contributed by atoms with Crippen molar-refractivity contribution in [2.45, 2.75) is 18.9 Å². The summed E-state index contributed by atoms with van der Waals surface area (Å²) >= 11 is 0. The second-order valence-electron chi connectivity index (χ2n) is 7.37. The molecule has 1 aromatic heterocycles. The summed E-state index contributed by atoms with van der Waals surface area (Å²) in [6.45, 7) is 2.38. The number of benzene rings is 1. The molecule has 0 atom stereocenters. The number of carboxylic acids is 1. The van der Waals surface area contributed by atoms with Gasteiger partial charge < -0.3 is 20.3 Å². The van der Waals surface area contributed by atoms with Gasteiger partial charge in [0.1, 0.15) is 11.4 Å². The van der Waals surface area contributed by atoms with Crippen LogP contribution in [0.4, 0.5) is 10.1 Å². The van der Waals surface area contributed by atoms with E-state index in [0.29, 0.717) is 37.4 Å². The largest absolute Gasteiger partial charge is 0.477 e. The van der Waals surface area contributed by atoms with Crippen molar-refractivity contribution in [1.29, 1.82) is 0 Å². The van der Waals surface area contributed by atoms with Crippen molar-refractivity contribution in [3.63, 3.8) is 0 Å². The van der Waals surface area contributed by atoms with Crippen LogP contribution in [0.3, 0.4) is 0 Å². The zero-order valence-corrected chi connectivity index (χ0v) is 15.2. The number of carbonyl (C=O) groups is 2. The summed E-state index contributed by atoms with van der Waals surface area (Å²) in [5.41, 5.74) is 5.14. The first-order chi connectivity index (χ1) is 13.3. The number of nitrogens with two attached hydrogens (primary N) is 1. The van der Waals surface area contributed by atoms with Crippen molar-refractivity contribution in [3.8, 4) is 0 Å². The molecule has 2 heterocycles. The molecular formula is C19H21FN4O4. The van der Waals surface area contributed by atoms with E-state index in [1.807, 2.05) is 9.80 Å². The highest BCUT2D eigenvalue weighted by atomic mass is 19.1. The number of nitrogens with zero attached hydrogens (tertiary/aromatic N) is 3. The topological polar surface area (TPSA) is 109 Å². The molecule has 1 aliphatic heterocycles. The molecule has 9 heteroatoms. The molecule has 1 saturated carbocycles. The zero-order valence-electron chi connectivity index (χ0n) is 15.2. The van der Waals surface area contributed by atoms with Crippen LogP contribution in [0, 0.1) is 5.82 Å². The summed E-state index contributed by atoms with van der Waals surface area (Å²) in [7, 11) is 0. The molecule has 0 bridgehead atoms. The van der Waals surface area contributed by atoms with E-state index in [4.69, 9.17) is 5.73 Å². The summed E-state index contributed by atoms with van der Waals surface area (Å²) in [6, 6.07) is 2.92. The second-order valence-corrected chi connectivity index (χ2v) is 7.37. The van der Waals surface area contributed by atoms with E-state index in [9.17, 15) is 23.9 Å². The number of piperazine rings is 1. The van der Waals surface area contributed by atoms with E-state index in [2.05, 4.69) is 0 Å². The molecule has 2 aliphatic rings. The van der Waals surface area contributed by atoms with E-state index in [1.165, 1.54) is 6.20 Å². The highest BCUT2D eigenvalue weighted by Gasteiger charge is 2.28. The first kappa shape index (κ1) is 18.4. The Balaban J connectivity index is 1.73. The van der Waals surface area contributed by atoms with Gasteiger partial charge in [0.15, 0.2) is 0 Å². The van der Waals surface area contributed by atoms with Gasteiger partial charge in [0, 0.05) is 43.8 Å². The number of fused-ring (bicyclic) bond motifs is 1. The van der Waals surface area contributed by atoms with E-state index >= 15 is 0 Å². The molecule has 1 amide bonds. The standard InChI is InChI=1S/C19H21FN4O4/c20-14-7-12-15(24(11-1-2-11)9-13(18(12)26)19(27)28)8-16(14)23-5-3-22(4-6-23)10-17(21)25/h7-9,11H,1-6,10H2,(H2,21,25)(H,27,28). The van der Waals surface area contributed by atoms with Crippen LogP contribution in [0.1, 0.15) is 29.2 Å². The number of carboxylic acid groups (broad SMARTS) is 1. The third-order valence-electron chi connectivity index (χ3n) is 5.36. The molecule has 8 nitrogen and oxygen atoms in total. The van der Waals surface area contributed by atoms with Gasteiger partial charge in [0.25, 0.3) is 0 Å². The number of hydrogen-bond acceptors (Lipinski definition) is 5. The van der Waals surface area contributed by atoms with Crippen molar-refractivity contribution in [1.82, 2.24) is 9.47 Å². The van der Waals surface area contributed by atoms with Gasteiger partial charge in [0.05, 0.1) is 17.7 Å². The van der Waals surface area contributed by atoms with Gasteiger partial charge in [-0.1, -0.05) is 0 Å². The minimum absolute atomic E-state index is 0.0837. The first-order valence-electron chi connectivity index (χ1n) is 9.22. The Morgan fingerprint density at radius 2 is 1.86 bits per heavy atom. The number of rotatable bonds is 5. The molecule has 1 aromatic carbocycles. The number of primary amides is 1. The molecule has 1 aliphatic carbocycles. The average Bonchev–Trinajstić information content (AvgIpc) is 3.47. The average molecular weight is 388 g/mol. The smallest absolute Gasteiger partial charge is 0.341 e. The van der Waals surface area contributed by atoms with Gasteiger partial charge in [0.2, 0.25) is 11.3 Å². The van der Waals surface area contributed by atoms with Crippen molar-refractivity contribution in [2.75, 3.05) is 37.6 Å². The third-order valence-corrected chi connectivity index (χ3v) is 5.36. The molecule has 28 heavy (non-hydrogen) atoms. The van der Waals surface area contributed by atoms with Gasteiger partial charge in [-0.25, -0.2) is 9.18 Å². The summed E-state index contributed by atoms with van der Waals surface area (Å²) in [4.78, 5) is 38.8. The highest BCUT2D eigenvalue weighted by molar-refractivity contribution is 5.93. The Kier molecular flexibility index (Phi) is 4.54. The summed E-state index contributed by atoms with van der Waals surface area (Å²) < 4.78 is 16.6. The van der Waals surface area contributed by atoms with Crippen molar-refractivity contribution >= 4 is 28.5 Å². The first-order valence-corrected chi connectivity index (χ1v) is 9.22. The molecule has 2 fully saturated rings. The Labute approximate surface area is 159 Å². The molecule has 3 N–H and O–H groups in total. The van der Waals surface area contributed by atoms with E-state index in [1.54, 1.807) is 10.6 Å². The van der Waals surface area contributed by atoms with Gasteiger partial charge >= 0.3 is 5.97 Å². The number of anilines is 1. The normalized spacial score (nSPS) is 17.8. The number of amides is 1. The maximum absolute atomic E-state index is 14.8. The maximum Gasteiger partial charge on any atom is 0.341 e. The van der Waals surface area contributed by atoms with E-state index in [0.717, 1.165) is 18.9 Å². The number of aromatic nitrogens is 1. The zero-order chi connectivity index (χ0) is 20.0. The van der Waals surface area contributed by atoms with E-state index < -0.39 is 23.1 Å². The predicted octanol–water partition coefficient (Wildman–Crippen LogP) is 0.781. The van der Waals surface area contributed by atoms with E-state index in [-0.39, 0.29) is 23.5 Å². The minimum atomic E-state index is -1.31. The van der Waals surface area contributed by atoms with Crippen molar-refractivity contribution < 1.29 is 19.1 Å². The molecule has 2 aromatic rings. The molecule has 148 valence electrons. The molecule has 4 rings (SSSR count). The van der Waals surface area contributed by atoms with Crippen LogP contribution < -0.4 is 16.1 Å². The fourth-order valence-corrected chi connectivity index (χ4v) is 3.78. The monoisotopic (exact) mass is 388 g/mol. The predicted molar refractivity (Wildman–Crippen MR) is 101 cm³/mol. The van der Waals surface area contributed by atoms with Crippen LogP contribution in [0.15, 0.2) is 23.1 Å². The summed E-state index contributed by atoms with van der Waals surface area (Å²) in [5.74, 6) is -2.26. The Hall–Kier alpha value is -2.94. The Bertz CT molecular complexity index is 1020. The summed E-state index contributed by atoms with van der Waals surface area (Å²) in [6.07, 6.45) is 3.17. The number of carbonyl (C=O) groups excluding carboxylic acids is 1. The molecule has 0 radical (unpaired) electrons. The van der Waals surface area contributed by atoms with Crippen LogP contribution in [-0.2, 0) is 4.79 Å². The van der Waals surface area contributed by atoms with Crippen LogP contribution in [0.2, 0.25) is 0 Å². The lowest BCUT2D eigenvalue weighted by Gasteiger charge is -2.35. The second kappa shape index (κ2) is 6.90. The number of aromatic carboxylic acids is 1. The lowest BCUT2D eigenvalue weighted by atomic mass is 10.1.